The Morgan fingerprint density at radius 3 is 1.03 bits per heavy atom. The van der Waals surface area contributed by atoms with E-state index >= 15 is 0 Å². The largest absolute Gasteiger partial charge is 0.509 e. The summed E-state index contributed by atoms with van der Waals surface area (Å²) in [5, 5.41) is 0. The van der Waals surface area contributed by atoms with Gasteiger partial charge in [0, 0.05) is 72.6 Å². The maximum atomic E-state index is 13.7. The van der Waals surface area contributed by atoms with E-state index in [9.17, 15) is 52.7 Å². The molecule has 0 unspecified atom stereocenters. The van der Waals surface area contributed by atoms with Crippen molar-refractivity contribution in [1.82, 2.24) is 0 Å². The van der Waals surface area contributed by atoms with Crippen molar-refractivity contribution in [2.45, 2.75) is 78.3 Å². The van der Waals surface area contributed by atoms with Gasteiger partial charge in [-0.05, 0) is 71.3 Å². The van der Waals surface area contributed by atoms with Crippen LogP contribution in [0.2, 0.25) is 0 Å². The molecule has 1 saturated carbocycles. The number of carbonyl (C=O) groups is 11. The summed E-state index contributed by atoms with van der Waals surface area (Å²) in [7, 11) is 1.86. The summed E-state index contributed by atoms with van der Waals surface area (Å²) < 4.78 is 63.0. The second-order valence-electron chi connectivity index (χ2n) is 15.0. The Morgan fingerprint density at radius 1 is 0.431 bits per heavy atom. The molecule has 1 aliphatic rings. The van der Waals surface area contributed by atoms with Crippen molar-refractivity contribution in [3.05, 3.63) is 89.5 Å². The fourth-order valence-electron chi connectivity index (χ4n) is 6.60. The SMILES string of the molecule is COC(=O)OC1(C(=O)OC)C[C@@H](OC(=O)/C=C/c2ccc(OC(C)=O)c(OC(C)=O)c2)C(OC(=O)/C=C/c2ccc(OC(C)=O)c(OC(C)=O)c2)[C@H](OC(=O)/C=C/c2ccc(OC(C)=O)c(OC(C)=O)c2)C1. The van der Waals surface area contributed by atoms with Gasteiger partial charge in [-0.3, -0.25) is 28.8 Å². The lowest BCUT2D eigenvalue weighted by Gasteiger charge is -2.43. The number of carbonyl (C=O) groups excluding carboxylic acids is 11. The van der Waals surface area contributed by atoms with Gasteiger partial charge in [0.25, 0.3) is 0 Å². The summed E-state index contributed by atoms with van der Waals surface area (Å²) in [5.74, 6) is -10.2. The number of esters is 10. The van der Waals surface area contributed by atoms with Gasteiger partial charge in [0.15, 0.2) is 40.6 Å². The molecule has 0 saturated heterocycles. The van der Waals surface area contributed by atoms with E-state index in [0.717, 1.165) is 74.0 Å². The van der Waals surface area contributed by atoms with Crippen LogP contribution in [0.3, 0.4) is 0 Å². The van der Waals surface area contributed by atoms with Gasteiger partial charge in [-0.1, -0.05) is 18.2 Å². The van der Waals surface area contributed by atoms with Crippen LogP contribution in [0.4, 0.5) is 4.79 Å². The zero-order valence-corrected chi connectivity index (χ0v) is 39.7. The number of benzene rings is 3. The Balaban J connectivity index is 1.80. The molecule has 0 bridgehead atoms. The Bertz CT molecular complexity index is 2610. The minimum atomic E-state index is -2.46. The molecule has 23 heteroatoms. The third-order valence-corrected chi connectivity index (χ3v) is 9.25. The van der Waals surface area contributed by atoms with Crippen molar-refractivity contribution < 1.29 is 110 Å². The molecule has 0 aromatic heterocycles. The van der Waals surface area contributed by atoms with E-state index in [0.29, 0.717) is 0 Å². The van der Waals surface area contributed by atoms with E-state index in [2.05, 4.69) is 4.74 Å². The Hall–Kier alpha value is -9.15. The fraction of sp³-hybridized carbons (Fsp3) is 0.286. The molecule has 2 atom stereocenters. The third kappa shape index (κ3) is 16.8. The smallest absolute Gasteiger partial charge is 0.466 e. The predicted octanol–water partition coefficient (Wildman–Crippen LogP) is 4.90. The minimum absolute atomic E-state index is 0.118. The van der Waals surface area contributed by atoms with Gasteiger partial charge >= 0.3 is 65.8 Å². The number of hydrogen-bond acceptors (Lipinski definition) is 23. The Kier molecular flexibility index (Phi) is 19.6. The first-order valence-corrected chi connectivity index (χ1v) is 21.0. The van der Waals surface area contributed by atoms with Crippen molar-refractivity contribution in [1.29, 1.82) is 0 Å². The molecule has 3 aromatic carbocycles. The molecule has 72 heavy (non-hydrogen) atoms. The summed E-state index contributed by atoms with van der Waals surface area (Å²) in [6.45, 7) is 6.66. The molecule has 1 aliphatic carbocycles. The average molecular weight is 1000 g/mol. The van der Waals surface area contributed by atoms with Crippen molar-refractivity contribution >= 4 is 84.1 Å². The van der Waals surface area contributed by atoms with Gasteiger partial charge in [0.1, 0.15) is 12.2 Å². The molecule has 0 amide bonds. The maximum Gasteiger partial charge on any atom is 0.509 e. The maximum absolute atomic E-state index is 13.7. The van der Waals surface area contributed by atoms with Crippen LogP contribution in [0.1, 0.15) is 71.1 Å². The lowest BCUT2D eigenvalue weighted by atomic mass is 9.79. The summed E-state index contributed by atoms with van der Waals surface area (Å²) in [4.78, 5) is 138. The van der Waals surface area contributed by atoms with E-state index in [4.69, 9.17) is 52.1 Å². The van der Waals surface area contributed by atoms with Crippen molar-refractivity contribution in [3.63, 3.8) is 0 Å². The third-order valence-electron chi connectivity index (χ3n) is 9.25. The zero-order chi connectivity index (χ0) is 53.3. The molecule has 23 nitrogen and oxygen atoms in total. The molecule has 1 fully saturated rings. The Labute approximate surface area is 409 Å². The van der Waals surface area contributed by atoms with Gasteiger partial charge in [-0.15, -0.1) is 0 Å². The van der Waals surface area contributed by atoms with Crippen molar-refractivity contribution in [2.75, 3.05) is 14.2 Å². The highest BCUT2D eigenvalue weighted by Gasteiger charge is 2.58. The quantitative estimate of drug-likeness (QED) is 0.0751. The van der Waals surface area contributed by atoms with Gasteiger partial charge in [0.2, 0.25) is 5.60 Å². The fourth-order valence-corrected chi connectivity index (χ4v) is 6.60. The highest BCUT2D eigenvalue weighted by Crippen LogP contribution is 2.39. The monoisotopic (exact) mass is 1000 g/mol. The number of rotatable bonds is 17. The first-order chi connectivity index (χ1) is 34.0. The van der Waals surface area contributed by atoms with Crippen molar-refractivity contribution in [3.8, 4) is 34.5 Å². The molecular formula is C49H46O23. The highest BCUT2D eigenvalue weighted by atomic mass is 16.7. The van der Waals surface area contributed by atoms with Gasteiger partial charge < -0.3 is 56.8 Å². The molecule has 380 valence electrons. The molecule has 0 spiro atoms. The van der Waals surface area contributed by atoms with Crippen LogP contribution >= 0.6 is 0 Å². The molecule has 0 N–H and O–H groups in total. The molecule has 0 radical (unpaired) electrons. The lowest BCUT2D eigenvalue weighted by Crippen LogP contribution is -2.61. The van der Waals surface area contributed by atoms with Crippen LogP contribution in [-0.4, -0.2) is 104 Å². The second-order valence-corrected chi connectivity index (χ2v) is 15.0. The van der Waals surface area contributed by atoms with Crippen LogP contribution in [0.15, 0.2) is 72.8 Å². The summed E-state index contributed by atoms with van der Waals surface area (Å²) >= 11 is 0. The topological polar surface area (TPSA) is 299 Å². The van der Waals surface area contributed by atoms with Gasteiger partial charge in [0.05, 0.1) is 14.2 Å². The van der Waals surface area contributed by atoms with Gasteiger partial charge in [-0.25, -0.2) is 24.0 Å². The first kappa shape index (κ1) is 55.4. The predicted molar refractivity (Wildman–Crippen MR) is 241 cm³/mol. The standard InChI is InChI=1S/C49H46O23/c1-26(50)63-35-15-9-32(21-38(35)66-29(4)53)12-18-43(56)69-41-24-49(47(59)61-7,72-48(60)62-8)25-42(70-44(57)19-13-33-10-16-36(64-27(2)51)39(22-33)67-30(5)54)46(41)71-45(58)20-14-34-11-17-37(65-28(3)52)40(23-34)68-31(6)55/h9-23,41-42,46H,24-25H2,1-8H3/b18-12+,19-13+,20-14+/t41-,42-,46?,49?/m1/s1. The number of hydrogen-bond donors (Lipinski definition) is 0. The summed E-state index contributed by atoms with van der Waals surface area (Å²) in [6.07, 6.45) is -2.35. The summed E-state index contributed by atoms with van der Waals surface area (Å²) in [5.41, 5.74) is -1.86. The van der Waals surface area contributed by atoms with Crippen LogP contribution in [0.25, 0.3) is 18.2 Å². The van der Waals surface area contributed by atoms with E-state index in [1.807, 2.05) is 0 Å². The van der Waals surface area contributed by atoms with Crippen LogP contribution in [-0.2, 0) is 76.4 Å². The van der Waals surface area contributed by atoms with Crippen molar-refractivity contribution in [2.24, 2.45) is 0 Å². The normalized spacial score (nSPS) is 17.1. The lowest BCUT2D eigenvalue weighted by molar-refractivity contribution is -0.214. The van der Waals surface area contributed by atoms with E-state index in [1.54, 1.807) is 0 Å². The van der Waals surface area contributed by atoms with Crippen LogP contribution in [0.5, 0.6) is 34.5 Å². The number of methoxy groups -OCH3 is 2. The van der Waals surface area contributed by atoms with E-state index in [1.165, 1.54) is 72.8 Å². The first-order valence-electron chi connectivity index (χ1n) is 21.0. The second kappa shape index (κ2) is 25.5. The highest BCUT2D eigenvalue weighted by molar-refractivity contribution is 5.90. The minimum Gasteiger partial charge on any atom is -0.466 e. The number of ether oxygens (including phenoxy) is 12. The van der Waals surface area contributed by atoms with Gasteiger partial charge in [-0.2, -0.15) is 0 Å². The molecule has 3 aromatic rings. The van der Waals surface area contributed by atoms with E-state index < -0.39 is 103 Å². The average Bonchev–Trinajstić information content (AvgIpc) is 3.28. The molecule has 0 heterocycles. The molecule has 0 aliphatic heterocycles. The Morgan fingerprint density at radius 2 is 0.736 bits per heavy atom. The molecular weight excluding hydrogens is 957 g/mol. The summed E-state index contributed by atoms with van der Waals surface area (Å²) in [6, 6.07) is 11.7. The zero-order valence-electron chi connectivity index (χ0n) is 39.7. The van der Waals surface area contributed by atoms with E-state index in [-0.39, 0.29) is 51.2 Å². The molecule has 4 rings (SSSR count). The van der Waals surface area contributed by atoms with Crippen LogP contribution in [0, 0.1) is 0 Å². The van der Waals surface area contributed by atoms with Crippen LogP contribution < -0.4 is 28.4 Å².